The molecule has 0 unspecified atom stereocenters. The van der Waals surface area contributed by atoms with Gasteiger partial charge in [0.05, 0.1) is 0 Å². The molecule has 0 saturated heterocycles. The van der Waals surface area contributed by atoms with Gasteiger partial charge in [0.2, 0.25) is 0 Å². The second-order valence-corrected chi connectivity index (χ2v) is 2.82. The lowest BCUT2D eigenvalue weighted by atomic mass is 10.0. The Balaban J connectivity index is 3.09. The van der Waals surface area contributed by atoms with E-state index in [0.717, 1.165) is 0 Å². The van der Waals surface area contributed by atoms with Gasteiger partial charge in [0, 0.05) is 5.56 Å². The Hall–Kier alpha value is -1.44. The average molecular weight is 178 g/mol. The van der Waals surface area contributed by atoms with Gasteiger partial charge in [-0.2, -0.15) is 0 Å². The van der Waals surface area contributed by atoms with Gasteiger partial charge in [0.1, 0.15) is 5.82 Å². The molecule has 1 nitrogen and oxygen atoms in total. The molecule has 0 amide bonds. The quantitative estimate of drug-likeness (QED) is 0.502. The first kappa shape index (κ1) is 9.65. The van der Waals surface area contributed by atoms with E-state index in [1.54, 1.807) is 19.9 Å². The lowest BCUT2D eigenvalue weighted by Gasteiger charge is -2.00. The van der Waals surface area contributed by atoms with Gasteiger partial charge >= 0.3 is 0 Å². The van der Waals surface area contributed by atoms with Gasteiger partial charge in [-0.3, -0.25) is 4.79 Å². The normalized spacial score (nSPS) is 10.7. The Labute approximate surface area is 76.9 Å². The highest BCUT2D eigenvalue weighted by molar-refractivity contribution is 6.05. The monoisotopic (exact) mass is 178 g/mol. The fraction of sp³-hybridized carbons (Fsp3) is 0.182. The van der Waals surface area contributed by atoms with Crippen molar-refractivity contribution in [1.29, 1.82) is 0 Å². The second-order valence-electron chi connectivity index (χ2n) is 2.82. The topological polar surface area (TPSA) is 17.1 Å². The number of aryl methyl sites for hydroxylation is 1. The number of carbonyl (C=O) groups is 1. The smallest absolute Gasteiger partial charge is 0.185 e. The van der Waals surface area contributed by atoms with Crippen LogP contribution in [0.1, 0.15) is 22.8 Å². The number of benzene rings is 1. The van der Waals surface area contributed by atoms with Crippen molar-refractivity contribution in [1.82, 2.24) is 0 Å². The van der Waals surface area contributed by atoms with E-state index in [2.05, 4.69) is 0 Å². The van der Waals surface area contributed by atoms with E-state index in [1.165, 1.54) is 24.3 Å². The fourth-order valence-electron chi connectivity index (χ4n) is 1.14. The molecular formula is C11H11FO. The summed E-state index contributed by atoms with van der Waals surface area (Å²) in [6, 6.07) is 4.16. The predicted molar refractivity (Wildman–Crippen MR) is 50.3 cm³/mol. The maximum absolute atomic E-state index is 12.7. The maximum Gasteiger partial charge on any atom is 0.185 e. The first-order valence-electron chi connectivity index (χ1n) is 4.08. The van der Waals surface area contributed by atoms with Crippen molar-refractivity contribution in [2.75, 3.05) is 0 Å². The van der Waals surface area contributed by atoms with Crippen LogP contribution >= 0.6 is 0 Å². The SMILES string of the molecule is C/C=C/C(=O)c1ccc(F)cc1C. The first-order valence-corrected chi connectivity index (χ1v) is 4.08. The third kappa shape index (κ3) is 2.25. The molecule has 0 saturated carbocycles. The Kier molecular flexibility index (Phi) is 2.96. The molecule has 13 heavy (non-hydrogen) atoms. The number of halogens is 1. The lowest BCUT2D eigenvalue weighted by Crippen LogP contribution is -1.97. The summed E-state index contributed by atoms with van der Waals surface area (Å²) in [5.41, 5.74) is 1.22. The minimum atomic E-state index is -0.311. The van der Waals surface area contributed by atoms with E-state index in [9.17, 15) is 9.18 Å². The molecule has 0 bridgehead atoms. The van der Waals surface area contributed by atoms with E-state index < -0.39 is 0 Å². The highest BCUT2D eigenvalue weighted by Crippen LogP contribution is 2.11. The number of ketones is 1. The van der Waals surface area contributed by atoms with Crippen LogP contribution < -0.4 is 0 Å². The number of carbonyl (C=O) groups excluding carboxylic acids is 1. The zero-order valence-corrected chi connectivity index (χ0v) is 7.67. The Morgan fingerprint density at radius 2 is 2.15 bits per heavy atom. The summed E-state index contributed by atoms with van der Waals surface area (Å²) in [6.07, 6.45) is 3.14. The van der Waals surface area contributed by atoms with Gasteiger partial charge in [-0.15, -0.1) is 0 Å². The molecule has 0 aliphatic rings. The lowest BCUT2D eigenvalue weighted by molar-refractivity contribution is 0.104. The number of hydrogen-bond acceptors (Lipinski definition) is 1. The van der Waals surface area contributed by atoms with Gasteiger partial charge in [0.25, 0.3) is 0 Å². The van der Waals surface area contributed by atoms with Crippen LogP contribution in [0.25, 0.3) is 0 Å². The molecule has 0 spiro atoms. The van der Waals surface area contributed by atoms with Crippen LogP contribution in [0.15, 0.2) is 30.4 Å². The molecule has 2 heteroatoms. The van der Waals surface area contributed by atoms with Crippen molar-refractivity contribution in [3.8, 4) is 0 Å². The van der Waals surface area contributed by atoms with Crippen molar-refractivity contribution in [3.05, 3.63) is 47.3 Å². The van der Waals surface area contributed by atoms with E-state index in [4.69, 9.17) is 0 Å². The Morgan fingerprint density at radius 1 is 1.46 bits per heavy atom. The van der Waals surface area contributed by atoms with Crippen LogP contribution in [0.2, 0.25) is 0 Å². The van der Waals surface area contributed by atoms with Gasteiger partial charge in [0.15, 0.2) is 5.78 Å². The Morgan fingerprint density at radius 3 is 2.69 bits per heavy atom. The van der Waals surface area contributed by atoms with Crippen LogP contribution in [-0.4, -0.2) is 5.78 Å². The van der Waals surface area contributed by atoms with Gasteiger partial charge in [-0.25, -0.2) is 4.39 Å². The summed E-state index contributed by atoms with van der Waals surface area (Å²) >= 11 is 0. The Bertz CT molecular complexity index is 353. The van der Waals surface area contributed by atoms with Crippen molar-refractivity contribution >= 4 is 5.78 Å². The van der Waals surface area contributed by atoms with Gasteiger partial charge in [-0.05, 0) is 43.7 Å². The molecular weight excluding hydrogens is 167 g/mol. The average Bonchev–Trinajstić information content (AvgIpc) is 2.04. The van der Waals surface area contributed by atoms with Gasteiger partial charge < -0.3 is 0 Å². The number of allylic oxidation sites excluding steroid dienone is 2. The van der Waals surface area contributed by atoms with E-state index in [0.29, 0.717) is 11.1 Å². The highest BCUT2D eigenvalue weighted by Gasteiger charge is 2.05. The van der Waals surface area contributed by atoms with Crippen molar-refractivity contribution in [3.63, 3.8) is 0 Å². The largest absolute Gasteiger partial charge is 0.289 e. The third-order valence-electron chi connectivity index (χ3n) is 1.77. The maximum atomic E-state index is 12.7. The van der Waals surface area contributed by atoms with Crippen LogP contribution in [0, 0.1) is 12.7 Å². The van der Waals surface area contributed by atoms with Crippen LogP contribution in [0.3, 0.4) is 0 Å². The molecule has 0 N–H and O–H groups in total. The highest BCUT2D eigenvalue weighted by atomic mass is 19.1. The summed E-state index contributed by atoms with van der Waals surface area (Å²) < 4.78 is 12.7. The molecule has 1 aromatic rings. The molecule has 1 aromatic carbocycles. The summed E-state index contributed by atoms with van der Waals surface area (Å²) in [5.74, 6) is -0.394. The predicted octanol–water partition coefficient (Wildman–Crippen LogP) is 2.89. The molecule has 1 rings (SSSR count). The molecule has 0 fully saturated rings. The molecule has 0 aliphatic carbocycles. The third-order valence-corrected chi connectivity index (χ3v) is 1.77. The van der Waals surface area contributed by atoms with E-state index in [-0.39, 0.29) is 11.6 Å². The summed E-state index contributed by atoms with van der Waals surface area (Å²) in [6.45, 7) is 3.50. The van der Waals surface area contributed by atoms with Crippen LogP contribution in [-0.2, 0) is 0 Å². The van der Waals surface area contributed by atoms with Crippen molar-refractivity contribution in [2.45, 2.75) is 13.8 Å². The standard InChI is InChI=1S/C11H11FO/c1-3-4-11(13)10-6-5-9(12)7-8(10)2/h3-7H,1-2H3/b4-3+. The zero-order chi connectivity index (χ0) is 9.84. The zero-order valence-electron chi connectivity index (χ0n) is 7.67. The molecule has 68 valence electrons. The summed E-state index contributed by atoms with van der Waals surface area (Å²) in [4.78, 5) is 11.4. The van der Waals surface area contributed by atoms with Crippen molar-refractivity contribution in [2.24, 2.45) is 0 Å². The number of hydrogen-bond donors (Lipinski definition) is 0. The molecule has 0 radical (unpaired) electrons. The first-order chi connectivity index (χ1) is 6.15. The summed E-state index contributed by atoms with van der Waals surface area (Å²) in [5, 5.41) is 0. The van der Waals surface area contributed by atoms with Crippen LogP contribution in [0.5, 0.6) is 0 Å². The summed E-state index contributed by atoms with van der Waals surface area (Å²) in [7, 11) is 0. The molecule has 0 atom stereocenters. The number of rotatable bonds is 2. The van der Waals surface area contributed by atoms with E-state index >= 15 is 0 Å². The van der Waals surface area contributed by atoms with Crippen LogP contribution in [0.4, 0.5) is 4.39 Å². The van der Waals surface area contributed by atoms with Gasteiger partial charge in [-0.1, -0.05) is 6.08 Å². The van der Waals surface area contributed by atoms with E-state index in [1.807, 2.05) is 0 Å². The second kappa shape index (κ2) is 3.99. The minimum absolute atomic E-state index is 0.0833. The van der Waals surface area contributed by atoms with Crippen molar-refractivity contribution < 1.29 is 9.18 Å². The molecule has 0 heterocycles. The molecule has 0 aliphatic heterocycles. The molecule has 0 aromatic heterocycles. The fourth-order valence-corrected chi connectivity index (χ4v) is 1.14. The minimum Gasteiger partial charge on any atom is -0.289 e.